The number of primary amides is 1. The van der Waals surface area contributed by atoms with E-state index >= 15 is 0 Å². The van der Waals surface area contributed by atoms with Crippen LogP contribution in [0.3, 0.4) is 0 Å². The number of rotatable bonds is 8. The third-order valence-electron chi connectivity index (χ3n) is 2.54. The van der Waals surface area contributed by atoms with Crippen LogP contribution in [-0.2, 0) is 4.79 Å². The Balaban J connectivity index is 2.95. The Kier molecular flexibility index (Phi) is 5.84. The van der Waals surface area contributed by atoms with Gasteiger partial charge in [-0.1, -0.05) is 13.3 Å². The Morgan fingerprint density at radius 2 is 2.16 bits per heavy atom. The molecule has 0 aliphatic carbocycles. The predicted octanol–water partition coefficient (Wildman–Crippen LogP) is 0.582. The standard InChI is InChI=1S/C12H22N6O/c1-3-5-6-18(8-9(13)19)11-7-10(15-4-2)16-12(14)17-11/h7H,3-6,8H2,1-2H3,(H2,13,19)(H3,14,15,16,17). The highest BCUT2D eigenvalue weighted by Crippen LogP contribution is 2.17. The minimum absolute atomic E-state index is 0.127. The first-order valence-electron chi connectivity index (χ1n) is 6.48. The topological polar surface area (TPSA) is 110 Å². The molecule has 0 atom stereocenters. The predicted molar refractivity (Wildman–Crippen MR) is 76.9 cm³/mol. The lowest BCUT2D eigenvalue weighted by atomic mass is 10.3. The zero-order chi connectivity index (χ0) is 14.3. The van der Waals surface area contributed by atoms with Gasteiger partial charge in [0.1, 0.15) is 11.6 Å². The number of nitrogens with one attached hydrogen (secondary N) is 1. The molecule has 0 fully saturated rings. The first-order valence-corrected chi connectivity index (χ1v) is 6.48. The Labute approximate surface area is 113 Å². The highest BCUT2D eigenvalue weighted by Gasteiger charge is 2.12. The van der Waals surface area contributed by atoms with Crippen molar-refractivity contribution in [2.45, 2.75) is 26.7 Å². The summed E-state index contributed by atoms with van der Waals surface area (Å²) in [6, 6.07) is 1.78. The summed E-state index contributed by atoms with van der Waals surface area (Å²) in [5, 5.41) is 3.08. The molecule has 1 rings (SSSR count). The molecule has 1 heterocycles. The summed E-state index contributed by atoms with van der Waals surface area (Å²) in [4.78, 5) is 21.2. The molecule has 7 nitrogen and oxygen atoms in total. The second-order valence-electron chi connectivity index (χ2n) is 4.24. The maximum Gasteiger partial charge on any atom is 0.236 e. The molecule has 0 saturated heterocycles. The van der Waals surface area contributed by atoms with E-state index < -0.39 is 5.91 Å². The molecule has 106 valence electrons. The van der Waals surface area contributed by atoms with Crippen LogP contribution in [0.15, 0.2) is 6.07 Å². The molecule has 1 amide bonds. The molecule has 5 N–H and O–H groups in total. The van der Waals surface area contributed by atoms with Crippen LogP contribution in [0.5, 0.6) is 0 Å². The number of nitrogen functional groups attached to an aromatic ring is 1. The molecule has 0 aliphatic heterocycles. The van der Waals surface area contributed by atoms with Gasteiger partial charge in [-0.15, -0.1) is 0 Å². The quantitative estimate of drug-likeness (QED) is 0.635. The molecular formula is C12H22N6O. The Morgan fingerprint density at radius 3 is 2.74 bits per heavy atom. The minimum Gasteiger partial charge on any atom is -0.370 e. The van der Waals surface area contributed by atoms with E-state index in [4.69, 9.17) is 11.5 Å². The SMILES string of the molecule is CCCCN(CC(N)=O)c1cc(NCC)nc(N)n1. The zero-order valence-corrected chi connectivity index (χ0v) is 11.5. The van der Waals surface area contributed by atoms with Crippen molar-refractivity contribution in [1.82, 2.24) is 9.97 Å². The first kappa shape index (κ1) is 15.0. The van der Waals surface area contributed by atoms with Gasteiger partial charge in [-0.3, -0.25) is 4.79 Å². The Morgan fingerprint density at radius 1 is 1.42 bits per heavy atom. The molecule has 1 aromatic heterocycles. The fourth-order valence-electron chi connectivity index (χ4n) is 1.70. The number of nitrogens with zero attached hydrogens (tertiary/aromatic N) is 3. The van der Waals surface area contributed by atoms with Crippen molar-refractivity contribution in [1.29, 1.82) is 0 Å². The zero-order valence-electron chi connectivity index (χ0n) is 11.5. The summed E-state index contributed by atoms with van der Waals surface area (Å²) in [6.07, 6.45) is 1.98. The molecule has 0 saturated carbocycles. The molecule has 1 aromatic rings. The number of amides is 1. The highest BCUT2D eigenvalue weighted by molar-refractivity contribution is 5.79. The smallest absolute Gasteiger partial charge is 0.236 e. The molecule has 0 radical (unpaired) electrons. The van der Waals surface area contributed by atoms with E-state index in [1.807, 2.05) is 11.8 Å². The number of hydrogen-bond donors (Lipinski definition) is 3. The lowest BCUT2D eigenvalue weighted by Crippen LogP contribution is -2.35. The lowest BCUT2D eigenvalue weighted by molar-refractivity contribution is -0.116. The molecule has 19 heavy (non-hydrogen) atoms. The molecule has 0 unspecified atom stereocenters. The van der Waals surface area contributed by atoms with Crippen molar-refractivity contribution in [2.24, 2.45) is 5.73 Å². The number of nitrogens with two attached hydrogens (primary N) is 2. The normalized spacial score (nSPS) is 10.2. The third-order valence-corrected chi connectivity index (χ3v) is 2.54. The van der Waals surface area contributed by atoms with E-state index in [2.05, 4.69) is 22.2 Å². The summed E-state index contributed by atoms with van der Waals surface area (Å²) in [6.45, 7) is 5.63. The number of hydrogen-bond acceptors (Lipinski definition) is 6. The van der Waals surface area contributed by atoms with Crippen LogP contribution in [0, 0.1) is 0 Å². The van der Waals surface area contributed by atoms with Crippen molar-refractivity contribution in [3.63, 3.8) is 0 Å². The van der Waals surface area contributed by atoms with E-state index in [-0.39, 0.29) is 12.5 Å². The van der Waals surface area contributed by atoms with E-state index in [9.17, 15) is 4.79 Å². The van der Waals surface area contributed by atoms with E-state index in [0.717, 1.165) is 19.4 Å². The molecular weight excluding hydrogens is 244 g/mol. The largest absolute Gasteiger partial charge is 0.370 e. The van der Waals surface area contributed by atoms with Gasteiger partial charge < -0.3 is 21.7 Å². The number of carbonyl (C=O) groups excluding carboxylic acids is 1. The number of aromatic nitrogens is 2. The highest BCUT2D eigenvalue weighted by atomic mass is 16.1. The second-order valence-corrected chi connectivity index (χ2v) is 4.24. The number of anilines is 3. The minimum atomic E-state index is -0.390. The number of unbranched alkanes of at least 4 members (excludes halogenated alkanes) is 1. The van der Waals surface area contributed by atoms with Crippen molar-refractivity contribution in [2.75, 3.05) is 35.6 Å². The van der Waals surface area contributed by atoms with Crippen molar-refractivity contribution in [3.05, 3.63) is 6.07 Å². The van der Waals surface area contributed by atoms with E-state index in [1.54, 1.807) is 6.07 Å². The van der Waals surface area contributed by atoms with Crippen LogP contribution in [0.1, 0.15) is 26.7 Å². The van der Waals surface area contributed by atoms with Crippen LogP contribution in [0.4, 0.5) is 17.6 Å². The summed E-state index contributed by atoms with van der Waals surface area (Å²) >= 11 is 0. The molecule has 0 aromatic carbocycles. The second kappa shape index (κ2) is 7.40. The summed E-state index contributed by atoms with van der Waals surface area (Å²) in [5.41, 5.74) is 10.9. The molecule has 0 aliphatic rings. The average Bonchev–Trinajstić information content (AvgIpc) is 2.33. The van der Waals surface area contributed by atoms with Crippen molar-refractivity contribution >= 4 is 23.5 Å². The van der Waals surface area contributed by atoms with Crippen LogP contribution < -0.4 is 21.7 Å². The van der Waals surface area contributed by atoms with Gasteiger partial charge in [-0.25, -0.2) is 0 Å². The Hall–Kier alpha value is -2.05. The molecule has 7 heteroatoms. The van der Waals surface area contributed by atoms with Crippen LogP contribution >= 0.6 is 0 Å². The van der Waals surface area contributed by atoms with E-state index in [0.29, 0.717) is 18.2 Å². The van der Waals surface area contributed by atoms with Gasteiger partial charge in [-0.2, -0.15) is 9.97 Å². The summed E-state index contributed by atoms with van der Waals surface area (Å²) in [7, 11) is 0. The van der Waals surface area contributed by atoms with Crippen LogP contribution in [0.25, 0.3) is 0 Å². The fourth-order valence-corrected chi connectivity index (χ4v) is 1.70. The van der Waals surface area contributed by atoms with E-state index in [1.165, 1.54) is 0 Å². The number of carbonyl (C=O) groups is 1. The van der Waals surface area contributed by atoms with Gasteiger partial charge in [0, 0.05) is 19.2 Å². The molecule has 0 spiro atoms. The first-order chi connectivity index (χ1) is 9.06. The van der Waals surface area contributed by atoms with Gasteiger partial charge in [-0.05, 0) is 13.3 Å². The van der Waals surface area contributed by atoms with Crippen LogP contribution in [-0.4, -0.2) is 35.5 Å². The maximum absolute atomic E-state index is 11.1. The van der Waals surface area contributed by atoms with Crippen molar-refractivity contribution in [3.8, 4) is 0 Å². The van der Waals surface area contributed by atoms with Gasteiger partial charge in [0.15, 0.2) is 0 Å². The monoisotopic (exact) mass is 266 g/mol. The summed E-state index contributed by atoms with van der Waals surface area (Å²) in [5.74, 6) is 1.06. The van der Waals surface area contributed by atoms with Crippen molar-refractivity contribution < 1.29 is 4.79 Å². The fraction of sp³-hybridized carbons (Fsp3) is 0.583. The lowest BCUT2D eigenvalue weighted by Gasteiger charge is -2.22. The van der Waals surface area contributed by atoms with Gasteiger partial charge in [0.2, 0.25) is 11.9 Å². The molecule has 0 bridgehead atoms. The summed E-state index contributed by atoms with van der Waals surface area (Å²) < 4.78 is 0. The maximum atomic E-state index is 11.1. The third kappa shape index (κ3) is 4.99. The van der Waals surface area contributed by atoms with Gasteiger partial charge in [0.25, 0.3) is 0 Å². The Bertz CT molecular complexity index is 423. The van der Waals surface area contributed by atoms with Gasteiger partial charge >= 0.3 is 0 Å². The average molecular weight is 266 g/mol. The van der Waals surface area contributed by atoms with Gasteiger partial charge in [0.05, 0.1) is 6.54 Å². The van der Waals surface area contributed by atoms with Crippen LogP contribution in [0.2, 0.25) is 0 Å².